The highest BCUT2D eigenvalue weighted by Gasteiger charge is 2.11. The molecule has 0 radical (unpaired) electrons. The molecule has 0 N–H and O–H groups in total. The maximum absolute atomic E-state index is 11.6. The van der Waals surface area contributed by atoms with Crippen LogP contribution in [-0.4, -0.2) is 7.11 Å². The maximum atomic E-state index is 11.6. The summed E-state index contributed by atoms with van der Waals surface area (Å²) in [5, 5.41) is 0.923. The molecule has 4 heteroatoms. The van der Waals surface area contributed by atoms with Gasteiger partial charge in [0.25, 0.3) is 0 Å². The third kappa shape index (κ3) is 2.93. The topological polar surface area (TPSA) is 48.7 Å². The van der Waals surface area contributed by atoms with Gasteiger partial charge >= 0.3 is 5.63 Å². The van der Waals surface area contributed by atoms with Crippen molar-refractivity contribution in [1.29, 1.82) is 0 Å². The van der Waals surface area contributed by atoms with E-state index >= 15 is 0 Å². The highest BCUT2D eigenvalue weighted by atomic mass is 16.5. The van der Waals surface area contributed by atoms with E-state index in [1.54, 1.807) is 7.11 Å². The number of rotatable bonds is 4. The number of benzene rings is 2. The van der Waals surface area contributed by atoms with Crippen molar-refractivity contribution in [3.63, 3.8) is 0 Å². The van der Waals surface area contributed by atoms with Crippen LogP contribution in [0.25, 0.3) is 11.0 Å². The summed E-state index contributed by atoms with van der Waals surface area (Å²) in [6.45, 7) is 4.17. The number of hydrogen-bond donors (Lipinski definition) is 0. The lowest BCUT2D eigenvalue weighted by molar-refractivity contribution is 0.294. The van der Waals surface area contributed by atoms with Crippen molar-refractivity contribution in [2.75, 3.05) is 7.11 Å². The van der Waals surface area contributed by atoms with Gasteiger partial charge in [0.05, 0.1) is 7.11 Å². The van der Waals surface area contributed by atoms with E-state index in [-0.39, 0.29) is 5.63 Å². The first-order valence-corrected chi connectivity index (χ1v) is 7.39. The molecule has 0 saturated heterocycles. The second-order valence-corrected chi connectivity index (χ2v) is 5.41. The number of hydrogen-bond acceptors (Lipinski definition) is 4. The van der Waals surface area contributed by atoms with Crippen LogP contribution in [0.2, 0.25) is 0 Å². The summed E-state index contributed by atoms with van der Waals surface area (Å²) in [6.07, 6.45) is 0. The minimum Gasteiger partial charge on any atom is -0.496 e. The fourth-order valence-electron chi connectivity index (χ4n) is 2.63. The van der Waals surface area contributed by atoms with E-state index in [1.807, 2.05) is 50.2 Å². The van der Waals surface area contributed by atoms with Gasteiger partial charge in [0.15, 0.2) is 0 Å². The van der Waals surface area contributed by atoms with E-state index in [4.69, 9.17) is 13.9 Å². The first kappa shape index (κ1) is 15.2. The summed E-state index contributed by atoms with van der Waals surface area (Å²) in [5.41, 5.74) is 2.90. The molecule has 0 aliphatic rings. The average Bonchev–Trinajstić information content (AvgIpc) is 2.55. The van der Waals surface area contributed by atoms with Crippen LogP contribution in [-0.2, 0) is 6.61 Å². The van der Waals surface area contributed by atoms with Crippen LogP contribution in [0, 0.1) is 13.8 Å². The van der Waals surface area contributed by atoms with Crippen molar-refractivity contribution < 1.29 is 13.9 Å². The van der Waals surface area contributed by atoms with Gasteiger partial charge in [0.1, 0.15) is 23.7 Å². The Balaban J connectivity index is 1.95. The molecule has 118 valence electrons. The molecule has 1 heterocycles. The number of aryl methyl sites for hydroxylation is 2. The number of methoxy groups -OCH3 is 1. The molecule has 2 aromatic carbocycles. The summed E-state index contributed by atoms with van der Waals surface area (Å²) in [7, 11) is 1.64. The lowest BCUT2D eigenvalue weighted by Crippen LogP contribution is -2.02. The Morgan fingerprint density at radius 1 is 1.04 bits per heavy atom. The number of para-hydroxylation sites is 1. The van der Waals surface area contributed by atoms with Crippen LogP contribution in [0.15, 0.2) is 51.7 Å². The third-order valence-corrected chi connectivity index (χ3v) is 3.89. The van der Waals surface area contributed by atoms with Crippen LogP contribution in [0.5, 0.6) is 11.5 Å². The molecule has 0 amide bonds. The Labute approximate surface area is 134 Å². The highest BCUT2D eigenvalue weighted by molar-refractivity contribution is 5.84. The van der Waals surface area contributed by atoms with Crippen LogP contribution < -0.4 is 15.1 Å². The zero-order chi connectivity index (χ0) is 16.4. The standard InChI is InChI=1S/C19H18O4/c1-12-10-18(20)23-19-13(2)16(9-8-15(12)19)22-11-14-6-4-5-7-17(14)21-3/h4-10H,11H2,1-3H3. The molecule has 0 bridgehead atoms. The first-order valence-electron chi connectivity index (χ1n) is 7.39. The van der Waals surface area contributed by atoms with Crippen LogP contribution in [0.1, 0.15) is 16.7 Å². The van der Waals surface area contributed by atoms with Crippen molar-refractivity contribution in [1.82, 2.24) is 0 Å². The quantitative estimate of drug-likeness (QED) is 0.683. The zero-order valence-electron chi connectivity index (χ0n) is 13.4. The summed E-state index contributed by atoms with van der Waals surface area (Å²) >= 11 is 0. The molecular formula is C19H18O4. The Hall–Kier alpha value is -2.75. The van der Waals surface area contributed by atoms with Gasteiger partial charge in [0, 0.05) is 22.6 Å². The molecule has 23 heavy (non-hydrogen) atoms. The fourth-order valence-corrected chi connectivity index (χ4v) is 2.63. The number of fused-ring (bicyclic) bond motifs is 1. The van der Waals surface area contributed by atoms with Gasteiger partial charge in [-0.3, -0.25) is 0 Å². The van der Waals surface area contributed by atoms with Gasteiger partial charge in [-0.25, -0.2) is 4.79 Å². The van der Waals surface area contributed by atoms with E-state index in [1.165, 1.54) is 6.07 Å². The zero-order valence-corrected chi connectivity index (χ0v) is 13.4. The largest absolute Gasteiger partial charge is 0.496 e. The van der Waals surface area contributed by atoms with Crippen LogP contribution in [0.3, 0.4) is 0 Å². The molecule has 1 aromatic heterocycles. The predicted octanol–water partition coefficient (Wildman–Crippen LogP) is 4.00. The lowest BCUT2D eigenvalue weighted by Gasteiger charge is -2.13. The highest BCUT2D eigenvalue weighted by Crippen LogP contribution is 2.29. The minimum absolute atomic E-state index is 0.347. The van der Waals surface area contributed by atoms with Gasteiger partial charge in [-0.2, -0.15) is 0 Å². The van der Waals surface area contributed by atoms with E-state index in [0.717, 1.165) is 27.8 Å². The summed E-state index contributed by atoms with van der Waals surface area (Å²) < 4.78 is 16.6. The van der Waals surface area contributed by atoms with Crippen molar-refractivity contribution in [3.8, 4) is 11.5 Å². The second-order valence-electron chi connectivity index (χ2n) is 5.41. The second kappa shape index (κ2) is 6.16. The molecular weight excluding hydrogens is 292 g/mol. The van der Waals surface area contributed by atoms with Crippen molar-refractivity contribution >= 4 is 11.0 Å². The molecule has 4 nitrogen and oxygen atoms in total. The van der Waals surface area contributed by atoms with Crippen molar-refractivity contribution in [2.24, 2.45) is 0 Å². The summed E-state index contributed by atoms with van der Waals surface area (Å²) in [5.74, 6) is 1.48. The van der Waals surface area contributed by atoms with E-state index in [0.29, 0.717) is 17.9 Å². The third-order valence-electron chi connectivity index (χ3n) is 3.89. The lowest BCUT2D eigenvalue weighted by atomic mass is 10.1. The Morgan fingerprint density at radius 2 is 1.83 bits per heavy atom. The predicted molar refractivity (Wildman–Crippen MR) is 89.3 cm³/mol. The van der Waals surface area contributed by atoms with Crippen LogP contribution >= 0.6 is 0 Å². The van der Waals surface area contributed by atoms with E-state index in [2.05, 4.69) is 0 Å². The van der Waals surface area contributed by atoms with Gasteiger partial charge in [-0.1, -0.05) is 18.2 Å². The Bertz CT molecular complexity index is 909. The molecule has 0 fully saturated rings. The minimum atomic E-state index is -0.347. The molecule has 0 atom stereocenters. The number of ether oxygens (including phenoxy) is 2. The van der Waals surface area contributed by atoms with Crippen molar-refractivity contribution in [3.05, 3.63) is 69.6 Å². The van der Waals surface area contributed by atoms with Gasteiger partial charge in [-0.15, -0.1) is 0 Å². The van der Waals surface area contributed by atoms with Gasteiger partial charge in [0.2, 0.25) is 0 Å². The SMILES string of the molecule is COc1ccccc1COc1ccc2c(C)cc(=O)oc2c1C. The smallest absolute Gasteiger partial charge is 0.336 e. The first-order chi connectivity index (χ1) is 11.1. The van der Waals surface area contributed by atoms with E-state index < -0.39 is 0 Å². The monoisotopic (exact) mass is 310 g/mol. The maximum Gasteiger partial charge on any atom is 0.336 e. The molecule has 0 aliphatic carbocycles. The fraction of sp³-hybridized carbons (Fsp3) is 0.211. The van der Waals surface area contributed by atoms with Gasteiger partial charge in [-0.05, 0) is 37.6 Å². The summed E-state index contributed by atoms with van der Waals surface area (Å²) in [6, 6.07) is 13.0. The molecule has 3 aromatic rings. The molecule has 0 unspecified atom stereocenters. The molecule has 0 aliphatic heterocycles. The normalized spacial score (nSPS) is 10.7. The summed E-state index contributed by atoms with van der Waals surface area (Å²) in [4.78, 5) is 11.6. The van der Waals surface area contributed by atoms with E-state index in [9.17, 15) is 4.79 Å². The van der Waals surface area contributed by atoms with Crippen molar-refractivity contribution in [2.45, 2.75) is 20.5 Å². The van der Waals surface area contributed by atoms with Gasteiger partial charge < -0.3 is 13.9 Å². The van der Waals surface area contributed by atoms with Crippen LogP contribution in [0.4, 0.5) is 0 Å². The Kier molecular flexibility index (Phi) is 4.06. The molecule has 3 rings (SSSR count). The molecule has 0 spiro atoms. The Morgan fingerprint density at radius 3 is 2.61 bits per heavy atom. The average molecular weight is 310 g/mol. The molecule has 0 saturated carbocycles.